The van der Waals surface area contributed by atoms with E-state index in [1.54, 1.807) is 0 Å². The van der Waals surface area contributed by atoms with Gasteiger partial charge in [0.05, 0.1) is 109 Å². The largest absolute Gasteiger partial charge is 0.466 e. The summed E-state index contributed by atoms with van der Waals surface area (Å²) in [4.78, 5) is 54.3. The standard InChI is InChI=1S/C55H102N3O8/c1-14-15-16-17-18-19-20-21-37-63-49(59)31-28-41(2)44-29-30-45-53-46(40-48(55(44,45)4)66-52(62)27-24-36-58(11,12)13)54(3)33-32-43(64-50(60)25-22-34-56(5,6)7)38-42(54)39-47(53)65-51(61)26-23-35-57(8,9)10/h41-48,53H,14-40H2,1-13H3/q+3/t41-,42+,43-,44-,45?,46?,47-,48+,53?,54+,55-/m1/s1. The van der Waals surface area contributed by atoms with Crippen LogP contribution in [0.4, 0.5) is 0 Å². The minimum atomic E-state index is -0.340. The van der Waals surface area contributed by atoms with Gasteiger partial charge in [0, 0.05) is 37.0 Å². The third-order valence-corrected chi connectivity index (χ3v) is 17.0. The van der Waals surface area contributed by atoms with Crippen molar-refractivity contribution in [3.05, 3.63) is 0 Å². The number of nitrogens with zero attached hydrogens (tertiary/aromatic N) is 3. The molecule has 11 nitrogen and oxygen atoms in total. The van der Waals surface area contributed by atoms with E-state index in [0.29, 0.717) is 32.3 Å². The second-order valence-electron chi connectivity index (χ2n) is 25.5. The van der Waals surface area contributed by atoms with E-state index in [0.717, 1.165) is 117 Å². The highest BCUT2D eigenvalue weighted by molar-refractivity contribution is 5.70. The molecule has 0 heterocycles. The first kappa shape index (κ1) is 56.3. The number of carbonyl (C=O) groups excluding carboxylic acids is 4. The molecule has 66 heavy (non-hydrogen) atoms. The Labute approximate surface area is 403 Å². The van der Waals surface area contributed by atoms with Crippen LogP contribution < -0.4 is 0 Å². The Balaban J connectivity index is 1.56. The fourth-order valence-electron chi connectivity index (χ4n) is 13.3. The van der Waals surface area contributed by atoms with Crippen molar-refractivity contribution in [1.29, 1.82) is 0 Å². The summed E-state index contributed by atoms with van der Waals surface area (Å²) in [5.41, 5.74) is -0.421. The van der Waals surface area contributed by atoms with Crippen molar-refractivity contribution in [3.63, 3.8) is 0 Å². The lowest BCUT2D eigenvalue weighted by Gasteiger charge is -2.64. The minimum absolute atomic E-state index is 0.0812. The topological polar surface area (TPSA) is 105 Å². The van der Waals surface area contributed by atoms with Gasteiger partial charge in [0.15, 0.2) is 0 Å². The predicted octanol–water partition coefficient (Wildman–Crippen LogP) is 10.2. The molecule has 4 fully saturated rings. The van der Waals surface area contributed by atoms with E-state index >= 15 is 0 Å². The highest BCUT2D eigenvalue weighted by Crippen LogP contribution is 2.69. The number of hydrogen-bond donors (Lipinski definition) is 0. The van der Waals surface area contributed by atoms with Crippen molar-refractivity contribution in [3.8, 4) is 0 Å². The normalized spacial score (nSPS) is 30.4. The van der Waals surface area contributed by atoms with Gasteiger partial charge in [-0.05, 0) is 92.8 Å². The van der Waals surface area contributed by atoms with Crippen LogP contribution in [0.15, 0.2) is 0 Å². The molecular weight excluding hydrogens is 831 g/mol. The highest BCUT2D eigenvalue weighted by atomic mass is 16.6. The lowest BCUT2D eigenvalue weighted by Crippen LogP contribution is -2.63. The maximum atomic E-state index is 14.0. The van der Waals surface area contributed by atoms with E-state index in [9.17, 15) is 19.2 Å². The molecule has 4 rings (SSSR count). The van der Waals surface area contributed by atoms with Gasteiger partial charge in [0.1, 0.15) is 18.3 Å². The van der Waals surface area contributed by atoms with Crippen LogP contribution in [0.5, 0.6) is 0 Å². The summed E-state index contributed by atoms with van der Waals surface area (Å²) in [6.45, 7) is 12.6. The Hall–Kier alpha value is -2.24. The lowest BCUT2D eigenvalue weighted by molar-refractivity contribution is -0.870. The van der Waals surface area contributed by atoms with Crippen LogP contribution in [-0.4, -0.2) is 145 Å². The average molecular weight is 933 g/mol. The van der Waals surface area contributed by atoms with Gasteiger partial charge in [-0.1, -0.05) is 72.6 Å². The number of carbonyl (C=O) groups is 4. The van der Waals surface area contributed by atoms with E-state index < -0.39 is 0 Å². The first-order chi connectivity index (χ1) is 30.9. The van der Waals surface area contributed by atoms with E-state index in [1.807, 2.05) is 0 Å². The van der Waals surface area contributed by atoms with Crippen molar-refractivity contribution in [2.24, 2.45) is 46.3 Å². The molecule has 0 bridgehead atoms. The summed E-state index contributed by atoms with van der Waals surface area (Å²) in [7, 11) is 19.4. The maximum Gasteiger partial charge on any atom is 0.306 e. The molecule has 3 unspecified atom stereocenters. The number of unbranched alkanes of at least 4 members (excludes halogenated alkanes) is 7. The van der Waals surface area contributed by atoms with Crippen LogP contribution in [0, 0.1) is 46.3 Å². The zero-order valence-corrected chi connectivity index (χ0v) is 44.9. The van der Waals surface area contributed by atoms with Crippen molar-refractivity contribution in [2.75, 3.05) is 89.7 Å². The minimum Gasteiger partial charge on any atom is -0.466 e. The molecule has 11 heteroatoms. The fraction of sp³-hybridized carbons (Fsp3) is 0.927. The predicted molar refractivity (Wildman–Crippen MR) is 264 cm³/mol. The Bertz CT molecular complexity index is 1530. The van der Waals surface area contributed by atoms with Crippen LogP contribution in [0.25, 0.3) is 0 Å². The molecule has 0 spiro atoms. The number of fused-ring (bicyclic) bond motifs is 5. The summed E-state index contributed by atoms with van der Waals surface area (Å²) >= 11 is 0. The first-order valence-corrected chi connectivity index (χ1v) is 27.0. The molecule has 0 saturated heterocycles. The third-order valence-electron chi connectivity index (χ3n) is 17.0. The van der Waals surface area contributed by atoms with Crippen LogP contribution >= 0.6 is 0 Å². The Kier molecular flexibility index (Phi) is 21.4. The third kappa shape index (κ3) is 17.0. The second kappa shape index (κ2) is 25.0. The van der Waals surface area contributed by atoms with Crippen LogP contribution in [0.1, 0.15) is 175 Å². The molecule has 4 aliphatic carbocycles. The first-order valence-electron chi connectivity index (χ1n) is 27.0. The number of rotatable bonds is 28. The molecule has 4 aliphatic rings. The molecule has 0 amide bonds. The Morgan fingerprint density at radius 1 is 0.576 bits per heavy atom. The molecule has 382 valence electrons. The molecule has 11 atom stereocenters. The van der Waals surface area contributed by atoms with Gasteiger partial charge in [0.25, 0.3) is 0 Å². The molecule has 0 aromatic rings. The molecule has 0 aromatic heterocycles. The van der Waals surface area contributed by atoms with E-state index in [1.165, 1.54) is 38.5 Å². The van der Waals surface area contributed by atoms with E-state index in [-0.39, 0.29) is 88.5 Å². The SMILES string of the molecule is CCCCCCCCCCOC(=O)CC[C@@H](C)[C@H]1CCC2C3C(C[C@H](OC(=O)CCC[N+](C)(C)C)[C@@]21C)[C@@]1(C)CC[C@@H](OC(=O)CCC[N+](C)(C)C)C[C@H]1C[C@H]3OC(=O)CCC[N+](C)(C)C. The summed E-state index contributed by atoms with van der Waals surface area (Å²) < 4.78 is 28.0. The monoisotopic (exact) mass is 933 g/mol. The van der Waals surface area contributed by atoms with E-state index in [2.05, 4.69) is 91.1 Å². The number of quaternary nitrogens is 3. The summed E-state index contributed by atoms with van der Waals surface area (Å²) in [5.74, 6) is 0.732. The van der Waals surface area contributed by atoms with Gasteiger partial charge in [-0.3, -0.25) is 19.2 Å². The van der Waals surface area contributed by atoms with Gasteiger partial charge >= 0.3 is 23.9 Å². The Morgan fingerprint density at radius 2 is 1.11 bits per heavy atom. The zero-order chi connectivity index (χ0) is 48.9. The molecule has 0 radical (unpaired) electrons. The van der Waals surface area contributed by atoms with Gasteiger partial charge in [-0.15, -0.1) is 0 Å². The van der Waals surface area contributed by atoms with Crippen LogP contribution in [0.3, 0.4) is 0 Å². The van der Waals surface area contributed by atoms with Gasteiger partial charge in [-0.25, -0.2) is 0 Å². The van der Waals surface area contributed by atoms with E-state index in [4.69, 9.17) is 18.9 Å². The Morgan fingerprint density at radius 3 is 1.67 bits per heavy atom. The van der Waals surface area contributed by atoms with Crippen LogP contribution in [-0.2, 0) is 38.1 Å². The molecule has 0 aliphatic heterocycles. The second-order valence-corrected chi connectivity index (χ2v) is 25.5. The van der Waals surface area contributed by atoms with Crippen molar-refractivity contribution < 1.29 is 51.6 Å². The average Bonchev–Trinajstić information content (AvgIpc) is 3.56. The molecule has 0 N–H and O–H groups in total. The zero-order valence-electron chi connectivity index (χ0n) is 44.9. The fourth-order valence-corrected chi connectivity index (χ4v) is 13.3. The molecule has 4 saturated carbocycles. The quantitative estimate of drug-likeness (QED) is 0.0331. The van der Waals surface area contributed by atoms with Crippen LogP contribution in [0.2, 0.25) is 0 Å². The summed E-state index contributed by atoms with van der Waals surface area (Å²) in [5, 5.41) is 0. The molecule has 0 aromatic carbocycles. The lowest BCUT2D eigenvalue weighted by atomic mass is 9.43. The van der Waals surface area contributed by atoms with Crippen molar-refractivity contribution in [2.45, 2.75) is 194 Å². The van der Waals surface area contributed by atoms with Gasteiger partial charge < -0.3 is 32.4 Å². The summed E-state index contributed by atoms with van der Waals surface area (Å²) in [6.07, 6.45) is 19.6. The van der Waals surface area contributed by atoms with Gasteiger partial charge in [-0.2, -0.15) is 0 Å². The number of hydrogen-bond acceptors (Lipinski definition) is 8. The smallest absolute Gasteiger partial charge is 0.306 e. The van der Waals surface area contributed by atoms with Crippen molar-refractivity contribution in [1.82, 2.24) is 0 Å². The van der Waals surface area contributed by atoms with Crippen molar-refractivity contribution >= 4 is 23.9 Å². The summed E-state index contributed by atoms with van der Waals surface area (Å²) in [6, 6.07) is 0. The number of esters is 4. The van der Waals surface area contributed by atoms with Gasteiger partial charge in [0.2, 0.25) is 0 Å². The molecular formula is C55H102N3O8+3. The maximum absolute atomic E-state index is 14.0. The number of ether oxygens (including phenoxy) is 4. The highest BCUT2D eigenvalue weighted by Gasteiger charge is 2.68.